The van der Waals surface area contributed by atoms with E-state index in [1.165, 1.54) is 16.0 Å². The second-order valence-corrected chi connectivity index (χ2v) is 10.7. The molecular formula is C27H22BrN5O2S. The second-order valence-electron chi connectivity index (χ2n) is 8.82. The molecule has 2 aliphatic heterocycles. The number of carbonyl (C=O) groups is 1. The van der Waals surface area contributed by atoms with Crippen molar-refractivity contribution in [3.05, 3.63) is 126 Å². The Hall–Kier alpha value is -3.69. The first-order valence-electron chi connectivity index (χ1n) is 11.4. The van der Waals surface area contributed by atoms with Gasteiger partial charge in [0.05, 0.1) is 4.53 Å². The van der Waals surface area contributed by atoms with Gasteiger partial charge in [-0.15, -0.1) is 0 Å². The molecule has 3 aromatic carbocycles. The quantitative estimate of drug-likeness (QED) is 0.418. The Morgan fingerprint density at radius 1 is 0.861 bits per heavy atom. The number of nitrogens with one attached hydrogen (secondary N) is 1. The van der Waals surface area contributed by atoms with Crippen molar-refractivity contribution in [2.75, 3.05) is 19.5 Å². The van der Waals surface area contributed by atoms with E-state index in [0.29, 0.717) is 9.33 Å². The van der Waals surface area contributed by atoms with Crippen LogP contribution in [0.25, 0.3) is 6.08 Å². The number of rotatable bonds is 3. The summed E-state index contributed by atoms with van der Waals surface area (Å²) in [6.45, 7) is 0. The molecule has 180 valence electrons. The average molecular weight is 560 g/mol. The lowest BCUT2D eigenvalue weighted by atomic mass is 9.80. The number of benzene rings is 3. The molecule has 0 radical (unpaired) electrons. The fourth-order valence-electron chi connectivity index (χ4n) is 5.23. The van der Waals surface area contributed by atoms with Crippen LogP contribution in [0.1, 0.15) is 16.7 Å². The molecule has 9 heteroatoms. The Labute approximate surface area is 219 Å². The molecule has 1 fully saturated rings. The van der Waals surface area contributed by atoms with Gasteiger partial charge in [-0.1, -0.05) is 100 Å². The first kappa shape index (κ1) is 22.8. The number of thiazole rings is 1. The standard InChI is InChI=1S/C27H22BrN5O2S/c1-31-25(35)32(2)27(20-11-7-4-8-12-20)26(31,19-9-5-3-6-10-19)29-24-33(30-27)23(34)22(36-24)17-18-13-15-21(28)16-14-18/h3-17,30H,1-2H3/b22-17+/t26-,27+/m0/s1. The van der Waals surface area contributed by atoms with Gasteiger partial charge in [-0.25, -0.2) is 9.79 Å². The number of halogens is 1. The predicted octanol–water partition coefficient (Wildman–Crippen LogP) is 3.38. The van der Waals surface area contributed by atoms with E-state index in [9.17, 15) is 9.59 Å². The van der Waals surface area contributed by atoms with E-state index >= 15 is 0 Å². The first-order valence-corrected chi connectivity index (χ1v) is 13.0. The van der Waals surface area contributed by atoms with E-state index in [1.807, 2.05) is 91.0 Å². The van der Waals surface area contributed by atoms with Crippen LogP contribution in [0.4, 0.5) is 4.79 Å². The molecule has 2 atom stereocenters. The van der Waals surface area contributed by atoms with Crippen LogP contribution in [0, 0.1) is 0 Å². The van der Waals surface area contributed by atoms with E-state index in [-0.39, 0.29) is 11.6 Å². The second kappa shape index (κ2) is 8.18. The molecule has 1 saturated heterocycles. The van der Waals surface area contributed by atoms with Gasteiger partial charge in [0.15, 0.2) is 0 Å². The Morgan fingerprint density at radius 3 is 2.11 bits per heavy atom. The van der Waals surface area contributed by atoms with Crippen LogP contribution in [0.2, 0.25) is 0 Å². The fourth-order valence-corrected chi connectivity index (χ4v) is 6.46. The van der Waals surface area contributed by atoms with Crippen LogP contribution in [-0.4, -0.2) is 34.6 Å². The van der Waals surface area contributed by atoms with Crippen LogP contribution in [0.3, 0.4) is 0 Å². The summed E-state index contributed by atoms with van der Waals surface area (Å²) in [4.78, 5) is 36.3. The molecule has 3 heterocycles. The predicted molar refractivity (Wildman–Crippen MR) is 144 cm³/mol. The molecular weight excluding hydrogens is 538 g/mol. The zero-order valence-electron chi connectivity index (χ0n) is 19.6. The maximum Gasteiger partial charge on any atom is 0.324 e. The molecule has 0 saturated carbocycles. The number of amides is 2. The number of hydrogen-bond donors (Lipinski definition) is 1. The smallest absolute Gasteiger partial charge is 0.295 e. The lowest BCUT2D eigenvalue weighted by molar-refractivity contribution is 0.0648. The molecule has 6 rings (SSSR count). The molecule has 0 spiro atoms. The zero-order valence-corrected chi connectivity index (χ0v) is 22.0. The lowest BCUT2D eigenvalue weighted by Gasteiger charge is -2.49. The largest absolute Gasteiger partial charge is 0.324 e. The van der Waals surface area contributed by atoms with Crippen LogP contribution >= 0.6 is 27.3 Å². The van der Waals surface area contributed by atoms with Gasteiger partial charge in [-0.3, -0.25) is 20.0 Å². The minimum Gasteiger partial charge on any atom is -0.295 e. The molecule has 0 bridgehead atoms. The fraction of sp³-hybridized carbons (Fsp3) is 0.148. The number of nitrogens with zero attached hydrogens (tertiary/aromatic N) is 4. The van der Waals surface area contributed by atoms with Gasteiger partial charge in [0.25, 0.3) is 5.56 Å². The summed E-state index contributed by atoms with van der Waals surface area (Å²) in [6.07, 6.45) is 1.86. The summed E-state index contributed by atoms with van der Waals surface area (Å²) >= 11 is 4.75. The topological polar surface area (TPSA) is 69.9 Å². The maximum atomic E-state index is 13.7. The Balaban J connectivity index is 1.70. The van der Waals surface area contributed by atoms with E-state index in [1.54, 1.807) is 23.9 Å². The van der Waals surface area contributed by atoms with Gasteiger partial charge in [0.1, 0.15) is 0 Å². The van der Waals surface area contributed by atoms with Crippen molar-refractivity contribution in [2.24, 2.45) is 4.99 Å². The summed E-state index contributed by atoms with van der Waals surface area (Å²) in [5, 5.41) is 0. The molecule has 2 amide bonds. The Bertz CT molecular complexity index is 1650. The first-order chi connectivity index (χ1) is 17.4. The number of fused-ring (bicyclic) bond motifs is 2. The molecule has 0 unspecified atom stereocenters. The number of likely N-dealkylation sites (N-methyl/N-ethyl adjacent to an activating group) is 2. The van der Waals surface area contributed by atoms with Crippen LogP contribution < -0.4 is 20.3 Å². The van der Waals surface area contributed by atoms with Gasteiger partial charge in [0.2, 0.25) is 16.1 Å². The van der Waals surface area contributed by atoms with E-state index < -0.39 is 11.3 Å². The van der Waals surface area contributed by atoms with Crippen molar-refractivity contribution in [3.63, 3.8) is 0 Å². The van der Waals surface area contributed by atoms with Crippen molar-refractivity contribution < 1.29 is 4.79 Å². The molecule has 0 aliphatic carbocycles. The van der Waals surface area contributed by atoms with Crippen molar-refractivity contribution in [3.8, 4) is 0 Å². The van der Waals surface area contributed by atoms with Gasteiger partial charge >= 0.3 is 6.03 Å². The minimum atomic E-state index is -1.17. The summed E-state index contributed by atoms with van der Waals surface area (Å²) in [5.41, 5.74) is 3.50. The van der Waals surface area contributed by atoms with Crippen LogP contribution in [0.5, 0.6) is 0 Å². The Kier molecular flexibility index (Phi) is 5.17. The highest BCUT2D eigenvalue weighted by atomic mass is 79.9. The van der Waals surface area contributed by atoms with Crippen molar-refractivity contribution >= 4 is 39.4 Å². The lowest BCUT2D eigenvalue weighted by Crippen LogP contribution is -2.67. The van der Waals surface area contributed by atoms with Crippen LogP contribution in [0.15, 0.2) is 99.2 Å². The SMILES string of the molecule is CN1C(=O)N(C)[C@]2(c3ccccc3)N=c3s/c(=C/c4ccc(Br)cc4)c(=O)n3N[C@]12c1ccccc1. The van der Waals surface area contributed by atoms with E-state index in [4.69, 9.17) is 4.99 Å². The number of urea groups is 1. The van der Waals surface area contributed by atoms with Crippen molar-refractivity contribution in [2.45, 2.75) is 11.3 Å². The summed E-state index contributed by atoms with van der Waals surface area (Å²) < 4.78 is 3.00. The molecule has 7 nitrogen and oxygen atoms in total. The summed E-state index contributed by atoms with van der Waals surface area (Å²) in [5.74, 6) is 0. The number of carbonyl (C=O) groups excluding carboxylic acids is 1. The number of aromatic nitrogens is 1. The highest BCUT2D eigenvalue weighted by molar-refractivity contribution is 9.10. The zero-order chi connectivity index (χ0) is 25.1. The highest BCUT2D eigenvalue weighted by Gasteiger charge is 2.69. The van der Waals surface area contributed by atoms with Gasteiger partial charge in [-0.05, 0) is 23.8 Å². The molecule has 1 N–H and O–H groups in total. The normalized spacial score (nSPS) is 23.2. The van der Waals surface area contributed by atoms with Gasteiger partial charge in [0, 0.05) is 29.7 Å². The summed E-state index contributed by atoms with van der Waals surface area (Å²) in [6, 6.07) is 27.0. The third-order valence-electron chi connectivity index (χ3n) is 6.94. The number of hydrogen-bond acceptors (Lipinski definition) is 5. The monoisotopic (exact) mass is 559 g/mol. The van der Waals surface area contributed by atoms with Gasteiger partial charge < -0.3 is 0 Å². The minimum absolute atomic E-state index is 0.205. The molecule has 1 aromatic heterocycles. The van der Waals surface area contributed by atoms with Crippen molar-refractivity contribution in [1.29, 1.82) is 0 Å². The van der Waals surface area contributed by atoms with Crippen molar-refractivity contribution in [1.82, 2.24) is 14.5 Å². The molecule has 36 heavy (non-hydrogen) atoms. The maximum absolute atomic E-state index is 13.7. The van der Waals surface area contributed by atoms with Gasteiger partial charge in [-0.2, -0.15) is 4.68 Å². The third kappa shape index (κ3) is 2.99. The Morgan fingerprint density at radius 2 is 1.47 bits per heavy atom. The average Bonchev–Trinajstić information content (AvgIpc) is 3.29. The molecule has 2 aliphatic rings. The van der Waals surface area contributed by atoms with Crippen LogP contribution in [-0.2, 0) is 11.3 Å². The highest BCUT2D eigenvalue weighted by Crippen LogP contribution is 2.53. The van der Waals surface area contributed by atoms with E-state index in [0.717, 1.165) is 21.2 Å². The third-order valence-corrected chi connectivity index (χ3v) is 8.44. The van der Waals surface area contributed by atoms with E-state index in [2.05, 4.69) is 21.4 Å². The summed E-state index contributed by atoms with van der Waals surface area (Å²) in [7, 11) is 3.51. The molecule has 4 aromatic rings.